The lowest BCUT2D eigenvalue weighted by Crippen LogP contribution is -2.05. The van der Waals surface area contributed by atoms with Crippen molar-refractivity contribution < 1.29 is 5.11 Å². The Balaban J connectivity index is 2.13. The van der Waals surface area contributed by atoms with E-state index in [0.29, 0.717) is 6.54 Å². The third-order valence-electron chi connectivity index (χ3n) is 4.36. The Bertz CT molecular complexity index is 867. The number of benzene rings is 1. The van der Waals surface area contributed by atoms with Crippen LogP contribution in [0.4, 0.5) is 11.5 Å². The van der Waals surface area contributed by atoms with E-state index in [4.69, 9.17) is 0 Å². The van der Waals surface area contributed by atoms with Crippen LogP contribution in [0.1, 0.15) is 22.4 Å². The van der Waals surface area contributed by atoms with Crippen LogP contribution < -0.4 is 5.32 Å². The highest BCUT2D eigenvalue weighted by Gasteiger charge is 2.16. The average Bonchev–Trinajstić information content (AvgIpc) is 2.76. The summed E-state index contributed by atoms with van der Waals surface area (Å²) in [5, 5.41) is 13.8. The fraction of sp³-hybridized carbons (Fsp3) is 0.333. The molecule has 0 unspecified atom stereocenters. The molecule has 2 heterocycles. The maximum Gasteiger partial charge on any atom is 0.146 e. The molecule has 0 saturated heterocycles. The number of hydrogen-bond donors (Lipinski definition) is 2. The first-order chi connectivity index (χ1) is 11.0. The van der Waals surface area contributed by atoms with E-state index in [-0.39, 0.29) is 6.61 Å². The summed E-state index contributed by atoms with van der Waals surface area (Å²) in [5.41, 5.74) is 6.57. The standard InChI is InChI=1S/C18H22N4O/c1-11-5-6-15(12(2)9-11)21-17-16-13(3)14(4)22(7-8-23)18(16)20-10-19-17/h5-6,9-10,23H,7-8H2,1-4H3,(H,19,20,21). The lowest BCUT2D eigenvalue weighted by atomic mass is 10.1. The van der Waals surface area contributed by atoms with E-state index in [1.54, 1.807) is 6.33 Å². The zero-order valence-electron chi connectivity index (χ0n) is 14.0. The van der Waals surface area contributed by atoms with Crippen molar-refractivity contribution in [2.24, 2.45) is 0 Å². The Kier molecular flexibility index (Phi) is 4.05. The lowest BCUT2D eigenvalue weighted by molar-refractivity contribution is 0.276. The lowest BCUT2D eigenvalue weighted by Gasteiger charge is -2.11. The minimum absolute atomic E-state index is 0.0912. The Labute approximate surface area is 136 Å². The Hall–Kier alpha value is -2.40. The van der Waals surface area contributed by atoms with E-state index in [2.05, 4.69) is 54.3 Å². The third-order valence-corrected chi connectivity index (χ3v) is 4.36. The monoisotopic (exact) mass is 310 g/mol. The number of aryl methyl sites for hydroxylation is 3. The van der Waals surface area contributed by atoms with Crippen LogP contribution in [-0.2, 0) is 6.54 Å². The van der Waals surface area contributed by atoms with Crippen LogP contribution in [0.5, 0.6) is 0 Å². The molecule has 1 aromatic carbocycles. The number of anilines is 2. The summed E-state index contributed by atoms with van der Waals surface area (Å²) in [6.45, 7) is 8.92. The number of nitrogens with zero attached hydrogens (tertiary/aromatic N) is 3. The summed E-state index contributed by atoms with van der Waals surface area (Å²) in [6, 6.07) is 6.31. The number of nitrogens with one attached hydrogen (secondary N) is 1. The molecule has 0 amide bonds. The second-order valence-electron chi connectivity index (χ2n) is 5.95. The molecule has 0 radical (unpaired) electrons. The van der Waals surface area contributed by atoms with Crippen molar-refractivity contribution in [2.45, 2.75) is 34.2 Å². The van der Waals surface area contributed by atoms with E-state index in [1.165, 1.54) is 11.1 Å². The molecule has 0 spiro atoms. The van der Waals surface area contributed by atoms with Gasteiger partial charge in [-0.25, -0.2) is 9.97 Å². The molecule has 0 aliphatic carbocycles. The van der Waals surface area contributed by atoms with Crippen molar-refractivity contribution in [3.8, 4) is 0 Å². The normalized spacial score (nSPS) is 11.2. The van der Waals surface area contributed by atoms with Crippen LogP contribution in [-0.4, -0.2) is 26.2 Å². The molecule has 23 heavy (non-hydrogen) atoms. The van der Waals surface area contributed by atoms with Gasteiger partial charge in [0.1, 0.15) is 17.8 Å². The van der Waals surface area contributed by atoms with Crippen LogP contribution in [0.3, 0.4) is 0 Å². The van der Waals surface area contributed by atoms with Gasteiger partial charge in [0, 0.05) is 17.9 Å². The number of fused-ring (bicyclic) bond motifs is 1. The molecule has 2 N–H and O–H groups in total. The minimum Gasteiger partial charge on any atom is -0.395 e. The van der Waals surface area contributed by atoms with Gasteiger partial charge in [0.05, 0.1) is 12.0 Å². The van der Waals surface area contributed by atoms with Crippen LogP contribution in [0.15, 0.2) is 24.5 Å². The summed E-state index contributed by atoms with van der Waals surface area (Å²) >= 11 is 0. The number of aliphatic hydroxyl groups excluding tert-OH is 1. The van der Waals surface area contributed by atoms with Crippen molar-refractivity contribution in [3.63, 3.8) is 0 Å². The zero-order chi connectivity index (χ0) is 16.6. The molecule has 3 rings (SSSR count). The Morgan fingerprint density at radius 1 is 1.13 bits per heavy atom. The summed E-state index contributed by atoms with van der Waals surface area (Å²) in [4.78, 5) is 8.86. The molecule has 0 fully saturated rings. The molecule has 0 atom stereocenters. The van der Waals surface area contributed by atoms with Gasteiger partial charge in [0.15, 0.2) is 0 Å². The Morgan fingerprint density at radius 2 is 1.91 bits per heavy atom. The first kappa shape index (κ1) is 15.5. The van der Waals surface area contributed by atoms with Gasteiger partial charge in [0.25, 0.3) is 0 Å². The fourth-order valence-corrected chi connectivity index (χ4v) is 3.02. The molecule has 0 bridgehead atoms. The third kappa shape index (κ3) is 2.68. The molecule has 0 aliphatic rings. The van der Waals surface area contributed by atoms with Gasteiger partial charge in [-0.2, -0.15) is 0 Å². The SMILES string of the molecule is Cc1ccc(Nc2ncnc3c2c(C)c(C)n3CCO)c(C)c1. The number of aliphatic hydroxyl groups is 1. The van der Waals surface area contributed by atoms with Gasteiger partial charge >= 0.3 is 0 Å². The van der Waals surface area contributed by atoms with Crippen molar-refractivity contribution in [1.82, 2.24) is 14.5 Å². The molecule has 5 heteroatoms. The predicted molar refractivity (Wildman–Crippen MR) is 93.3 cm³/mol. The maximum absolute atomic E-state index is 9.30. The quantitative estimate of drug-likeness (QED) is 0.775. The fourth-order valence-electron chi connectivity index (χ4n) is 3.02. The van der Waals surface area contributed by atoms with Crippen molar-refractivity contribution >= 4 is 22.5 Å². The minimum atomic E-state index is 0.0912. The van der Waals surface area contributed by atoms with Gasteiger partial charge in [-0.1, -0.05) is 17.7 Å². The van der Waals surface area contributed by atoms with E-state index in [9.17, 15) is 5.11 Å². The van der Waals surface area contributed by atoms with Crippen LogP contribution >= 0.6 is 0 Å². The zero-order valence-corrected chi connectivity index (χ0v) is 14.0. The Morgan fingerprint density at radius 3 is 2.61 bits per heavy atom. The first-order valence-electron chi connectivity index (χ1n) is 7.78. The van der Waals surface area contributed by atoms with Gasteiger partial charge in [-0.05, 0) is 44.9 Å². The van der Waals surface area contributed by atoms with E-state index in [1.807, 2.05) is 11.5 Å². The summed E-state index contributed by atoms with van der Waals surface area (Å²) < 4.78 is 2.04. The van der Waals surface area contributed by atoms with Crippen LogP contribution in [0, 0.1) is 27.7 Å². The molecule has 3 aromatic rings. The average molecular weight is 310 g/mol. The second kappa shape index (κ2) is 6.01. The molecule has 2 aromatic heterocycles. The van der Waals surface area contributed by atoms with Gasteiger partial charge < -0.3 is 15.0 Å². The largest absolute Gasteiger partial charge is 0.395 e. The summed E-state index contributed by atoms with van der Waals surface area (Å²) in [6.07, 6.45) is 1.57. The number of hydrogen-bond acceptors (Lipinski definition) is 4. The van der Waals surface area contributed by atoms with E-state index >= 15 is 0 Å². The second-order valence-corrected chi connectivity index (χ2v) is 5.95. The van der Waals surface area contributed by atoms with E-state index < -0.39 is 0 Å². The van der Waals surface area contributed by atoms with Gasteiger partial charge in [0.2, 0.25) is 0 Å². The first-order valence-corrected chi connectivity index (χ1v) is 7.78. The van der Waals surface area contributed by atoms with Crippen LogP contribution in [0.25, 0.3) is 11.0 Å². The highest BCUT2D eigenvalue weighted by atomic mass is 16.3. The highest BCUT2D eigenvalue weighted by molar-refractivity contribution is 5.93. The highest BCUT2D eigenvalue weighted by Crippen LogP contribution is 2.31. The number of aromatic nitrogens is 3. The summed E-state index contributed by atoms with van der Waals surface area (Å²) in [7, 11) is 0. The summed E-state index contributed by atoms with van der Waals surface area (Å²) in [5.74, 6) is 0.805. The molecular formula is C18H22N4O. The van der Waals surface area contributed by atoms with Crippen molar-refractivity contribution in [2.75, 3.05) is 11.9 Å². The van der Waals surface area contributed by atoms with Gasteiger partial charge in [-0.15, -0.1) is 0 Å². The van der Waals surface area contributed by atoms with Crippen LogP contribution in [0.2, 0.25) is 0 Å². The molecule has 0 saturated carbocycles. The smallest absolute Gasteiger partial charge is 0.146 e. The van der Waals surface area contributed by atoms with Crippen molar-refractivity contribution in [1.29, 1.82) is 0 Å². The van der Waals surface area contributed by atoms with Crippen molar-refractivity contribution in [3.05, 3.63) is 46.9 Å². The topological polar surface area (TPSA) is 63.0 Å². The predicted octanol–water partition coefficient (Wildman–Crippen LogP) is 3.40. The molecule has 120 valence electrons. The van der Waals surface area contributed by atoms with E-state index in [0.717, 1.165) is 33.8 Å². The maximum atomic E-state index is 9.30. The molecular weight excluding hydrogens is 288 g/mol. The molecule has 5 nitrogen and oxygen atoms in total. The van der Waals surface area contributed by atoms with Gasteiger partial charge in [-0.3, -0.25) is 0 Å². The molecule has 0 aliphatic heterocycles. The number of rotatable bonds is 4.